The molecule has 36 heavy (non-hydrogen) atoms. The van der Waals surface area contributed by atoms with Gasteiger partial charge in [0.1, 0.15) is 11.5 Å². The molecule has 1 saturated heterocycles. The summed E-state index contributed by atoms with van der Waals surface area (Å²) in [5.41, 5.74) is 1.91. The van der Waals surface area contributed by atoms with Crippen molar-refractivity contribution >= 4 is 23.4 Å². The third-order valence-corrected chi connectivity index (χ3v) is 7.01. The molecule has 186 valence electrons. The van der Waals surface area contributed by atoms with Crippen molar-refractivity contribution in [3.8, 4) is 28.8 Å². The Morgan fingerprint density at radius 1 is 0.944 bits per heavy atom. The number of aromatic nitrogens is 3. The fourth-order valence-electron chi connectivity index (χ4n) is 4.19. The van der Waals surface area contributed by atoms with Crippen molar-refractivity contribution in [1.82, 2.24) is 19.7 Å². The van der Waals surface area contributed by atoms with E-state index < -0.39 is 0 Å². The number of anilines is 1. The lowest BCUT2D eigenvalue weighted by Gasteiger charge is -2.36. The van der Waals surface area contributed by atoms with Crippen LogP contribution in [0.1, 0.15) is 0 Å². The van der Waals surface area contributed by atoms with Crippen LogP contribution in [-0.2, 0) is 4.79 Å². The van der Waals surface area contributed by atoms with Crippen LogP contribution in [0, 0.1) is 0 Å². The highest BCUT2D eigenvalue weighted by Crippen LogP contribution is 2.32. The molecular weight excluding hydrogens is 478 g/mol. The number of ether oxygens (including phenoxy) is 2. The van der Waals surface area contributed by atoms with Gasteiger partial charge in [0, 0.05) is 31.9 Å². The number of methoxy groups -OCH3 is 2. The molecule has 0 radical (unpaired) electrons. The van der Waals surface area contributed by atoms with Crippen LogP contribution in [0.2, 0.25) is 0 Å². The highest BCUT2D eigenvalue weighted by atomic mass is 32.2. The molecule has 0 N–H and O–H groups in total. The molecule has 4 aromatic rings. The molecule has 1 aliphatic rings. The van der Waals surface area contributed by atoms with Gasteiger partial charge in [-0.2, -0.15) is 0 Å². The number of piperazine rings is 1. The maximum absolute atomic E-state index is 13.1. The Kier molecular flexibility index (Phi) is 7.13. The van der Waals surface area contributed by atoms with Crippen molar-refractivity contribution in [1.29, 1.82) is 0 Å². The molecule has 2 aromatic carbocycles. The molecule has 0 spiro atoms. The Morgan fingerprint density at radius 3 is 2.42 bits per heavy atom. The van der Waals surface area contributed by atoms with E-state index >= 15 is 0 Å². The SMILES string of the molecule is COc1ccc(N2CCN(C(=O)CSc3nnc(-c4ccco4)n3-c3ccccc3OC)CC2)cc1. The summed E-state index contributed by atoms with van der Waals surface area (Å²) in [6, 6.07) is 19.3. The molecule has 10 heteroatoms. The molecule has 0 aliphatic carbocycles. The van der Waals surface area contributed by atoms with E-state index in [0.29, 0.717) is 35.6 Å². The van der Waals surface area contributed by atoms with Crippen molar-refractivity contribution < 1.29 is 18.7 Å². The highest BCUT2D eigenvalue weighted by Gasteiger charge is 2.24. The van der Waals surface area contributed by atoms with Crippen molar-refractivity contribution in [3.05, 3.63) is 66.9 Å². The summed E-state index contributed by atoms with van der Waals surface area (Å²) in [6.45, 7) is 2.90. The molecule has 3 heterocycles. The van der Waals surface area contributed by atoms with Crippen molar-refractivity contribution in [2.45, 2.75) is 5.16 Å². The zero-order chi connectivity index (χ0) is 24.9. The average molecular weight is 506 g/mol. The van der Waals surface area contributed by atoms with E-state index in [1.807, 2.05) is 64.1 Å². The first-order chi connectivity index (χ1) is 17.7. The average Bonchev–Trinajstić information content (AvgIpc) is 3.62. The van der Waals surface area contributed by atoms with Gasteiger partial charge in [0.15, 0.2) is 10.9 Å². The van der Waals surface area contributed by atoms with E-state index in [1.165, 1.54) is 11.8 Å². The van der Waals surface area contributed by atoms with Gasteiger partial charge >= 0.3 is 0 Å². The summed E-state index contributed by atoms with van der Waals surface area (Å²) in [4.78, 5) is 17.3. The summed E-state index contributed by atoms with van der Waals surface area (Å²) < 4.78 is 18.3. The fraction of sp³-hybridized carbons (Fsp3) is 0.269. The Labute approximate surface area is 213 Å². The number of hydrogen-bond donors (Lipinski definition) is 0. The Balaban J connectivity index is 1.27. The zero-order valence-electron chi connectivity index (χ0n) is 20.2. The van der Waals surface area contributed by atoms with Gasteiger partial charge in [0.2, 0.25) is 11.7 Å². The van der Waals surface area contributed by atoms with Crippen LogP contribution >= 0.6 is 11.8 Å². The molecule has 2 aromatic heterocycles. The molecule has 0 saturated carbocycles. The van der Waals surface area contributed by atoms with Crippen molar-refractivity contribution in [2.24, 2.45) is 0 Å². The monoisotopic (exact) mass is 505 g/mol. The predicted octanol–water partition coefficient (Wildman–Crippen LogP) is 3.99. The number of rotatable bonds is 8. The zero-order valence-corrected chi connectivity index (χ0v) is 21.0. The molecular formula is C26H27N5O4S. The third-order valence-electron chi connectivity index (χ3n) is 6.10. The third kappa shape index (κ3) is 4.90. The van der Waals surface area contributed by atoms with Crippen LogP contribution in [0.3, 0.4) is 0 Å². The molecule has 0 unspecified atom stereocenters. The lowest BCUT2D eigenvalue weighted by Crippen LogP contribution is -2.49. The van der Waals surface area contributed by atoms with Crippen LogP contribution in [0.4, 0.5) is 5.69 Å². The number of carbonyl (C=O) groups is 1. The number of carbonyl (C=O) groups excluding carboxylic acids is 1. The van der Waals surface area contributed by atoms with Gasteiger partial charge in [-0.25, -0.2) is 0 Å². The summed E-state index contributed by atoms with van der Waals surface area (Å²) in [5.74, 6) is 2.97. The van der Waals surface area contributed by atoms with E-state index in [9.17, 15) is 4.79 Å². The van der Waals surface area contributed by atoms with Crippen molar-refractivity contribution in [2.75, 3.05) is 51.1 Å². The Morgan fingerprint density at radius 2 is 1.72 bits per heavy atom. The van der Waals surface area contributed by atoms with Gasteiger partial charge in [-0.3, -0.25) is 9.36 Å². The molecule has 0 bridgehead atoms. The van der Waals surface area contributed by atoms with Crippen LogP contribution < -0.4 is 14.4 Å². The largest absolute Gasteiger partial charge is 0.497 e. The number of thioether (sulfide) groups is 1. The quantitative estimate of drug-likeness (QED) is 0.333. The van der Waals surface area contributed by atoms with Gasteiger partial charge in [-0.05, 0) is 48.5 Å². The van der Waals surface area contributed by atoms with E-state index in [1.54, 1.807) is 26.5 Å². The second-order valence-corrected chi connectivity index (χ2v) is 9.09. The van der Waals surface area contributed by atoms with Gasteiger partial charge in [0.25, 0.3) is 0 Å². The minimum atomic E-state index is 0.0727. The summed E-state index contributed by atoms with van der Waals surface area (Å²) in [6.07, 6.45) is 1.60. The normalized spacial score (nSPS) is 13.6. The van der Waals surface area contributed by atoms with E-state index in [4.69, 9.17) is 13.9 Å². The van der Waals surface area contributed by atoms with Gasteiger partial charge < -0.3 is 23.7 Å². The number of furan rings is 1. The molecule has 0 atom stereocenters. The van der Waals surface area contributed by atoms with Crippen LogP contribution in [0.5, 0.6) is 11.5 Å². The van der Waals surface area contributed by atoms with Crippen molar-refractivity contribution in [3.63, 3.8) is 0 Å². The van der Waals surface area contributed by atoms with Crippen LogP contribution in [0.15, 0.2) is 76.5 Å². The Bertz CT molecular complexity index is 1300. The van der Waals surface area contributed by atoms with Crippen LogP contribution in [-0.4, -0.2) is 71.7 Å². The molecule has 9 nitrogen and oxygen atoms in total. The minimum Gasteiger partial charge on any atom is -0.497 e. The summed E-state index contributed by atoms with van der Waals surface area (Å²) in [7, 11) is 3.28. The maximum Gasteiger partial charge on any atom is 0.233 e. The molecule has 5 rings (SSSR count). The second-order valence-electron chi connectivity index (χ2n) is 8.15. The maximum atomic E-state index is 13.1. The number of para-hydroxylation sites is 2. The van der Waals surface area contributed by atoms with E-state index in [0.717, 1.165) is 30.2 Å². The van der Waals surface area contributed by atoms with E-state index in [-0.39, 0.29) is 11.7 Å². The van der Waals surface area contributed by atoms with Gasteiger partial charge in [-0.15, -0.1) is 10.2 Å². The smallest absolute Gasteiger partial charge is 0.233 e. The number of benzene rings is 2. The molecule has 1 aliphatic heterocycles. The fourth-order valence-corrected chi connectivity index (χ4v) is 5.03. The standard InChI is InChI=1S/C26H27N5O4S/c1-33-20-11-9-19(10-12-20)29-13-15-30(16-14-29)24(32)18-36-26-28-27-25(23-8-5-17-35-23)31(26)21-6-3-4-7-22(21)34-2/h3-12,17H,13-16,18H2,1-2H3. The first-order valence-corrected chi connectivity index (χ1v) is 12.6. The first-order valence-electron chi connectivity index (χ1n) is 11.6. The lowest BCUT2D eigenvalue weighted by molar-refractivity contribution is -0.128. The summed E-state index contributed by atoms with van der Waals surface area (Å²) in [5, 5.41) is 9.33. The predicted molar refractivity (Wildman–Crippen MR) is 138 cm³/mol. The van der Waals surface area contributed by atoms with Crippen LogP contribution in [0.25, 0.3) is 17.3 Å². The first kappa shape index (κ1) is 23.8. The second kappa shape index (κ2) is 10.8. The molecule has 1 amide bonds. The van der Waals surface area contributed by atoms with E-state index in [2.05, 4.69) is 15.1 Å². The summed E-state index contributed by atoms with van der Waals surface area (Å²) >= 11 is 1.36. The molecule has 1 fully saturated rings. The van der Waals surface area contributed by atoms with Gasteiger partial charge in [0.05, 0.1) is 31.9 Å². The minimum absolute atomic E-state index is 0.0727. The Hall–Kier alpha value is -3.92. The van der Waals surface area contributed by atoms with Gasteiger partial charge in [-0.1, -0.05) is 23.9 Å². The topological polar surface area (TPSA) is 85.9 Å². The number of amides is 1. The lowest BCUT2D eigenvalue weighted by atomic mass is 10.2. The highest BCUT2D eigenvalue weighted by molar-refractivity contribution is 7.99. The number of nitrogens with zero attached hydrogens (tertiary/aromatic N) is 5. The number of hydrogen-bond acceptors (Lipinski definition) is 8.